The van der Waals surface area contributed by atoms with E-state index in [4.69, 9.17) is 9.97 Å². The van der Waals surface area contributed by atoms with Crippen LogP contribution in [0.5, 0.6) is 0 Å². The van der Waals surface area contributed by atoms with Crippen LogP contribution in [0.2, 0.25) is 0 Å². The summed E-state index contributed by atoms with van der Waals surface area (Å²) >= 11 is 1.80. The van der Waals surface area contributed by atoms with E-state index in [1.54, 1.807) is 11.3 Å². The first-order valence-corrected chi connectivity index (χ1v) is 13.5. The summed E-state index contributed by atoms with van der Waals surface area (Å²) in [6, 6.07) is 44.5. The van der Waals surface area contributed by atoms with Crippen LogP contribution < -0.4 is 0 Å². The largest absolute Gasteiger partial charge is 0.309 e. The lowest BCUT2D eigenvalue weighted by atomic mass is 10.1. The van der Waals surface area contributed by atoms with E-state index in [-0.39, 0.29) is 0 Å². The van der Waals surface area contributed by atoms with Crippen molar-refractivity contribution in [3.8, 4) is 28.3 Å². The molecule has 0 spiro atoms. The summed E-state index contributed by atoms with van der Waals surface area (Å²) < 4.78 is 4.74. The molecule has 4 heteroatoms. The summed E-state index contributed by atoms with van der Waals surface area (Å²) in [6.07, 6.45) is 0. The normalized spacial score (nSPS) is 11.7. The Morgan fingerprint density at radius 3 is 1.92 bits per heavy atom. The molecule has 3 heterocycles. The van der Waals surface area contributed by atoms with Gasteiger partial charge in [-0.15, -0.1) is 11.3 Å². The maximum absolute atomic E-state index is 5.16. The number of benzene rings is 5. The van der Waals surface area contributed by atoms with Gasteiger partial charge in [0.25, 0.3) is 0 Å². The van der Waals surface area contributed by atoms with Gasteiger partial charge in [0.1, 0.15) is 0 Å². The Bertz CT molecular complexity index is 2110. The van der Waals surface area contributed by atoms with E-state index in [9.17, 15) is 0 Å². The van der Waals surface area contributed by atoms with E-state index in [0.29, 0.717) is 0 Å². The van der Waals surface area contributed by atoms with Gasteiger partial charge in [-0.2, -0.15) is 0 Å². The minimum absolute atomic E-state index is 0.753. The molecule has 0 aliphatic rings. The molecule has 0 saturated carbocycles. The van der Waals surface area contributed by atoms with Gasteiger partial charge in [-0.25, -0.2) is 9.97 Å². The summed E-state index contributed by atoms with van der Waals surface area (Å²) in [7, 11) is 0. The quantitative estimate of drug-likeness (QED) is 0.240. The smallest absolute Gasteiger partial charge is 0.160 e. The maximum Gasteiger partial charge on any atom is 0.160 e. The maximum atomic E-state index is 5.16. The van der Waals surface area contributed by atoms with Crippen molar-refractivity contribution in [2.75, 3.05) is 0 Å². The average Bonchev–Trinajstić information content (AvgIpc) is 3.54. The Kier molecular flexibility index (Phi) is 4.69. The summed E-state index contributed by atoms with van der Waals surface area (Å²) in [5.74, 6) is 0.753. The van der Waals surface area contributed by atoms with Gasteiger partial charge in [0.2, 0.25) is 0 Å². The number of hydrogen-bond donors (Lipinski definition) is 0. The Morgan fingerprint density at radius 1 is 0.500 bits per heavy atom. The predicted octanol–water partition coefficient (Wildman–Crippen LogP) is 9.28. The van der Waals surface area contributed by atoms with E-state index in [1.165, 1.54) is 31.9 Å². The zero-order chi connectivity index (χ0) is 25.1. The minimum atomic E-state index is 0.753. The van der Waals surface area contributed by atoms with Crippen LogP contribution in [0.3, 0.4) is 0 Å². The number of fused-ring (bicyclic) bond motifs is 7. The van der Waals surface area contributed by atoms with Crippen molar-refractivity contribution < 1.29 is 0 Å². The minimum Gasteiger partial charge on any atom is -0.309 e. The van der Waals surface area contributed by atoms with Crippen molar-refractivity contribution in [3.05, 3.63) is 127 Å². The number of thiophene rings is 1. The van der Waals surface area contributed by atoms with Gasteiger partial charge < -0.3 is 4.57 Å². The molecule has 0 bridgehead atoms. The third-order valence-electron chi connectivity index (χ3n) is 7.21. The van der Waals surface area contributed by atoms with Crippen LogP contribution in [0.1, 0.15) is 0 Å². The third-order valence-corrected chi connectivity index (χ3v) is 8.43. The summed E-state index contributed by atoms with van der Waals surface area (Å²) in [6.45, 7) is 0. The van der Waals surface area contributed by atoms with Gasteiger partial charge in [0.05, 0.1) is 26.9 Å². The van der Waals surface area contributed by atoms with E-state index < -0.39 is 0 Å². The monoisotopic (exact) mass is 503 g/mol. The zero-order valence-corrected chi connectivity index (χ0v) is 21.2. The third kappa shape index (κ3) is 3.14. The Balaban J connectivity index is 1.53. The van der Waals surface area contributed by atoms with Gasteiger partial charge in [-0.1, -0.05) is 97.1 Å². The number of para-hydroxylation sites is 2. The summed E-state index contributed by atoms with van der Waals surface area (Å²) in [4.78, 5) is 10.3. The highest BCUT2D eigenvalue weighted by Gasteiger charge is 2.21. The first-order chi connectivity index (χ1) is 18.9. The number of aromatic nitrogens is 3. The van der Waals surface area contributed by atoms with E-state index in [1.807, 2.05) is 24.3 Å². The predicted molar refractivity (Wildman–Crippen MR) is 160 cm³/mol. The number of hydrogen-bond acceptors (Lipinski definition) is 3. The van der Waals surface area contributed by atoms with Gasteiger partial charge >= 0.3 is 0 Å². The molecule has 178 valence electrons. The van der Waals surface area contributed by atoms with Crippen molar-refractivity contribution >= 4 is 53.4 Å². The van der Waals surface area contributed by atoms with Gasteiger partial charge in [0, 0.05) is 37.7 Å². The van der Waals surface area contributed by atoms with Crippen molar-refractivity contribution in [2.45, 2.75) is 0 Å². The molecular weight excluding hydrogens is 482 g/mol. The fourth-order valence-electron chi connectivity index (χ4n) is 5.52. The Labute approximate surface area is 223 Å². The Morgan fingerprint density at radius 2 is 1.16 bits per heavy atom. The summed E-state index contributed by atoms with van der Waals surface area (Å²) in [5, 5.41) is 3.69. The SMILES string of the molecule is c1ccc(-c2nc(-c3ccccc3)c3sc4c(ccc5c4c4ccccc4n5-c4ccccc4)c3n2)cc1. The molecule has 5 aromatic carbocycles. The van der Waals surface area contributed by atoms with Crippen molar-refractivity contribution in [1.82, 2.24) is 14.5 Å². The van der Waals surface area contributed by atoms with Crippen molar-refractivity contribution in [1.29, 1.82) is 0 Å². The lowest BCUT2D eigenvalue weighted by Gasteiger charge is -2.07. The van der Waals surface area contributed by atoms with E-state index >= 15 is 0 Å². The topological polar surface area (TPSA) is 30.7 Å². The average molecular weight is 504 g/mol. The van der Waals surface area contributed by atoms with Gasteiger partial charge in [-0.05, 0) is 30.3 Å². The van der Waals surface area contributed by atoms with Gasteiger partial charge in [-0.3, -0.25) is 0 Å². The molecule has 0 amide bonds. The summed E-state index contributed by atoms with van der Waals surface area (Å²) in [5.41, 5.74) is 7.69. The standard InChI is InChI=1S/C34H21N3S/c1-4-12-22(13-5-1)30-33-31(36-34(35-30)23-14-6-2-7-15-23)26-20-21-28-29(32(26)38-33)25-18-10-11-19-27(25)37(28)24-16-8-3-9-17-24/h1-21H. The molecule has 0 atom stereocenters. The lowest BCUT2D eigenvalue weighted by molar-refractivity contribution is 1.18. The highest BCUT2D eigenvalue weighted by atomic mass is 32.1. The molecule has 38 heavy (non-hydrogen) atoms. The molecule has 0 aliphatic carbocycles. The fourth-order valence-corrected chi connectivity index (χ4v) is 6.82. The highest BCUT2D eigenvalue weighted by molar-refractivity contribution is 7.27. The van der Waals surface area contributed by atoms with Crippen LogP contribution in [-0.4, -0.2) is 14.5 Å². The van der Waals surface area contributed by atoms with Crippen molar-refractivity contribution in [2.24, 2.45) is 0 Å². The van der Waals surface area contributed by atoms with Gasteiger partial charge in [0.15, 0.2) is 5.82 Å². The molecule has 0 unspecified atom stereocenters. The molecule has 8 rings (SSSR count). The van der Waals surface area contributed by atoms with Crippen LogP contribution in [0.15, 0.2) is 127 Å². The second-order valence-corrected chi connectivity index (χ2v) is 10.5. The van der Waals surface area contributed by atoms with Crippen LogP contribution in [0.25, 0.3) is 70.4 Å². The lowest BCUT2D eigenvalue weighted by Crippen LogP contribution is -1.93. The fraction of sp³-hybridized carbons (Fsp3) is 0. The first-order valence-electron chi connectivity index (χ1n) is 12.7. The van der Waals surface area contributed by atoms with Crippen LogP contribution in [0.4, 0.5) is 0 Å². The molecule has 3 aromatic heterocycles. The van der Waals surface area contributed by atoms with Crippen LogP contribution in [-0.2, 0) is 0 Å². The number of rotatable bonds is 3. The zero-order valence-electron chi connectivity index (χ0n) is 20.4. The second-order valence-electron chi connectivity index (χ2n) is 9.43. The molecule has 3 nitrogen and oxygen atoms in total. The molecule has 0 radical (unpaired) electrons. The van der Waals surface area contributed by atoms with Crippen LogP contribution >= 0.6 is 11.3 Å². The van der Waals surface area contributed by atoms with Crippen molar-refractivity contribution in [3.63, 3.8) is 0 Å². The highest BCUT2D eigenvalue weighted by Crippen LogP contribution is 2.45. The van der Waals surface area contributed by atoms with Crippen LogP contribution in [0, 0.1) is 0 Å². The molecule has 0 saturated heterocycles. The second kappa shape index (κ2) is 8.37. The molecular formula is C34H21N3S. The molecule has 8 aromatic rings. The Hall–Kier alpha value is -4.80. The molecule has 0 aliphatic heterocycles. The first kappa shape index (κ1) is 21.3. The molecule has 0 N–H and O–H groups in total. The number of nitrogens with zero attached hydrogens (tertiary/aromatic N) is 3. The van der Waals surface area contributed by atoms with E-state index in [0.717, 1.165) is 38.5 Å². The molecule has 0 fully saturated rings. The van der Waals surface area contributed by atoms with E-state index in [2.05, 4.69) is 108 Å².